The van der Waals surface area contributed by atoms with Crippen LogP contribution in [0.4, 0.5) is 5.69 Å². The van der Waals surface area contributed by atoms with Gasteiger partial charge in [0.05, 0.1) is 4.92 Å². The number of carbonyl (C=O) groups is 1. The average Bonchev–Trinajstić information content (AvgIpc) is 2.16. The van der Waals surface area contributed by atoms with Gasteiger partial charge in [0.15, 0.2) is 0 Å². The Bertz CT molecular complexity index is 386. The van der Waals surface area contributed by atoms with Crippen LogP contribution in [0.15, 0.2) is 18.2 Å². The van der Waals surface area contributed by atoms with Crippen molar-refractivity contribution in [1.29, 1.82) is 0 Å². The molecule has 0 saturated heterocycles. The van der Waals surface area contributed by atoms with E-state index in [-0.39, 0.29) is 11.3 Å². The number of benzene rings is 1. The first-order valence-corrected chi connectivity index (χ1v) is 4.07. The molecule has 74 valence electrons. The lowest BCUT2D eigenvalue weighted by molar-refractivity contribution is -0.385. The minimum atomic E-state index is -1.27. The van der Waals surface area contributed by atoms with Gasteiger partial charge in [0, 0.05) is 6.07 Å². The summed E-state index contributed by atoms with van der Waals surface area (Å²) in [5.41, 5.74) is 0.150. The van der Waals surface area contributed by atoms with Crippen molar-refractivity contribution in [3.8, 4) is 0 Å². The summed E-state index contributed by atoms with van der Waals surface area (Å²) in [4.78, 5) is 20.5. The van der Waals surface area contributed by atoms with Crippen LogP contribution in [-0.4, -0.2) is 16.0 Å². The molecule has 1 rings (SSSR count). The van der Waals surface area contributed by atoms with Gasteiger partial charge in [0.2, 0.25) is 0 Å². The molecular weight excluding hydrogens is 186 g/mol. The van der Waals surface area contributed by atoms with Gasteiger partial charge in [-0.15, -0.1) is 0 Å². The molecule has 5 heteroatoms. The molecule has 0 spiro atoms. The first-order valence-electron chi connectivity index (χ1n) is 4.07. The number of nitro benzene ring substituents is 1. The van der Waals surface area contributed by atoms with Crippen LogP contribution in [0.2, 0.25) is 0 Å². The van der Waals surface area contributed by atoms with Crippen LogP contribution in [0.5, 0.6) is 0 Å². The summed E-state index contributed by atoms with van der Waals surface area (Å²) in [5.74, 6) is -1.27. The van der Waals surface area contributed by atoms with Crippen LogP contribution in [0.25, 0.3) is 0 Å². The van der Waals surface area contributed by atoms with Crippen molar-refractivity contribution in [2.75, 3.05) is 0 Å². The van der Waals surface area contributed by atoms with Crippen LogP contribution < -0.4 is 0 Å². The van der Waals surface area contributed by atoms with Gasteiger partial charge in [0.1, 0.15) is 5.56 Å². The fourth-order valence-corrected chi connectivity index (χ4v) is 1.13. The maximum absolute atomic E-state index is 10.7. The second kappa shape index (κ2) is 3.87. The van der Waals surface area contributed by atoms with Crippen LogP contribution in [-0.2, 0) is 6.42 Å². The molecule has 0 bridgehead atoms. The van der Waals surface area contributed by atoms with E-state index in [1.54, 1.807) is 6.07 Å². The van der Waals surface area contributed by atoms with Gasteiger partial charge in [-0.05, 0) is 18.1 Å². The van der Waals surface area contributed by atoms with Gasteiger partial charge in [-0.3, -0.25) is 10.1 Å². The Kier molecular flexibility index (Phi) is 2.81. The highest BCUT2D eigenvalue weighted by atomic mass is 16.6. The number of hydrogen-bond acceptors (Lipinski definition) is 3. The Morgan fingerprint density at radius 2 is 2.21 bits per heavy atom. The van der Waals surface area contributed by atoms with Gasteiger partial charge in [-0.1, -0.05) is 13.0 Å². The molecule has 0 aliphatic rings. The maximum atomic E-state index is 10.7. The third-order valence-corrected chi connectivity index (χ3v) is 1.90. The molecule has 0 saturated carbocycles. The quantitative estimate of drug-likeness (QED) is 0.589. The molecule has 1 N–H and O–H groups in total. The summed E-state index contributed by atoms with van der Waals surface area (Å²) >= 11 is 0. The number of aromatic carboxylic acids is 1. The molecule has 0 radical (unpaired) electrons. The van der Waals surface area contributed by atoms with Crippen molar-refractivity contribution in [1.82, 2.24) is 0 Å². The predicted molar refractivity (Wildman–Crippen MR) is 49.4 cm³/mol. The molecular formula is C9H9NO4. The number of carboxylic acid groups (broad SMARTS) is 1. The second-order valence-electron chi connectivity index (χ2n) is 2.77. The highest BCUT2D eigenvalue weighted by Crippen LogP contribution is 2.20. The van der Waals surface area contributed by atoms with Crippen LogP contribution in [0.1, 0.15) is 22.8 Å². The molecule has 0 aromatic heterocycles. The van der Waals surface area contributed by atoms with E-state index in [2.05, 4.69) is 0 Å². The first-order chi connectivity index (χ1) is 6.56. The van der Waals surface area contributed by atoms with Crippen molar-refractivity contribution in [2.24, 2.45) is 0 Å². The smallest absolute Gasteiger partial charge is 0.342 e. The SMILES string of the molecule is CCc1ccc([N+](=O)[O-])c(C(=O)O)c1. The van der Waals surface area contributed by atoms with Crippen LogP contribution >= 0.6 is 0 Å². The van der Waals surface area contributed by atoms with Gasteiger partial charge in [0.25, 0.3) is 5.69 Å². The van der Waals surface area contributed by atoms with E-state index in [4.69, 9.17) is 5.11 Å². The molecule has 0 amide bonds. The zero-order chi connectivity index (χ0) is 10.7. The van der Waals surface area contributed by atoms with E-state index in [0.29, 0.717) is 6.42 Å². The minimum absolute atomic E-state index is 0.255. The summed E-state index contributed by atoms with van der Waals surface area (Å²) in [7, 11) is 0. The number of nitrogens with zero attached hydrogens (tertiary/aromatic N) is 1. The molecule has 0 unspecified atom stereocenters. The number of carboxylic acids is 1. The largest absolute Gasteiger partial charge is 0.477 e. The third-order valence-electron chi connectivity index (χ3n) is 1.90. The summed E-state index contributed by atoms with van der Waals surface area (Å²) < 4.78 is 0. The third kappa shape index (κ3) is 1.87. The lowest BCUT2D eigenvalue weighted by atomic mass is 10.1. The van der Waals surface area contributed by atoms with Gasteiger partial charge in [-0.25, -0.2) is 4.79 Å². The van der Waals surface area contributed by atoms with Crippen molar-refractivity contribution in [3.05, 3.63) is 39.4 Å². The zero-order valence-electron chi connectivity index (χ0n) is 7.56. The van der Waals surface area contributed by atoms with Gasteiger partial charge < -0.3 is 5.11 Å². The van der Waals surface area contributed by atoms with Crippen LogP contribution in [0, 0.1) is 10.1 Å². The Hall–Kier alpha value is -1.91. The standard InChI is InChI=1S/C9H9NO4/c1-2-6-3-4-8(10(13)14)7(5-6)9(11)12/h3-5H,2H2,1H3,(H,11,12). The number of rotatable bonds is 3. The van der Waals surface area contributed by atoms with E-state index in [0.717, 1.165) is 5.56 Å². The molecule has 0 aliphatic heterocycles. The summed E-state index contributed by atoms with van der Waals surface area (Å²) in [6.45, 7) is 1.85. The van der Waals surface area contributed by atoms with E-state index >= 15 is 0 Å². The predicted octanol–water partition coefficient (Wildman–Crippen LogP) is 1.86. The van der Waals surface area contributed by atoms with Crippen LogP contribution in [0.3, 0.4) is 0 Å². The summed E-state index contributed by atoms with van der Waals surface area (Å²) in [5, 5.41) is 19.2. The summed E-state index contributed by atoms with van der Waals surface area (Å²) in [6.07, 6.45) is 0.651. The second-order valence-corrected chi connectivity index (χ2v) is 2.77. The van der Waals surface area contributed by atoms with Crippen molar-refractivity contribution >= 4 is 11.7 Å². The normalized spacial score (nSPS) is 9.79. The molecule has 0 heterocycles. The minimum Gasteiger partial charge on any atom is -0.477 e. The van der Waals surface area contributed by atoms with Gasteiger partial charge >= 0.3 is 5.97 Å². The molecule has 14 heavy (non-hydrogen) atoms. The molecule has 1 aromatic carbocycles. The maximum Gasteiger partial charge on any atom is 0.342 e. The van der Waals surface area contributed by atoms with Crippen molar-refractivity contribution in [3.63, 3.8) is 0 Å². The molecule has 0 aliphatic carbocycles. The number of hydrogen-bond donors (Lipinski definition) is 1. The summed E-state index contributed by atoms with van der Waals surface area (Å²) in [6, 6.07) is 4.12. The monoisotopic (exact) mass is 195 g/mol. The zero-order valence-corrected chi connectivity index (χ0v) is 7.56. The topological polar surface area (TPSA) is 80.4 Å². The van der Waals surface area contributed by atoms with Crippen molar-refractivity contribution < 1.29 is 14.8 Å². The van der Waals surface area contributed by atoms with E-state index in [1.807, 2.05) is 6.92 Å². The average molecular weight is 195 g/mol. The number of aryl methyl sites for hydroxylation is 1. The first kappa shape index (κ1) is 10.2. The lowest BCUT2D eigenvalue weighted by Crippen LogP contribution is -2.03. The Morgan fingerprint density at radius 3 is 2.64 bits per heavy atom. The number of nitro groups is 1. The Morgan fingerprint density at radius 1 is 1.57 bits per heavy atom. The fourth-order valence-electron chi connectivity index (χ4n) is 1.13. The Labute approximate surface area is 80.1 Å². The van der Waals surface area contributed by atoms with Crippen molar-refractivity contribution in [2.45, 2.75) is 13.3 Å². The van der Waals surface area contributed by atoms with Gasteiger partial charge in [-0.2, -0.15) is 0 Å². The van der Waals surface area contributed by atoms with E-state index < -0.39 is 10.9 Å². The highest BCUT2D eigenvalue weighted by Gasteiger charge is 2.19. The fraction of sp³-hybridized carbons (Fsp3) is 0.222. The van der Waals surface area contributed by atoms with E-state index in [1.165, 1.54) is 12.1 Å². The highest BCUT2D eigenvalue weighted by molar-refractivity contribution is 5.92. The molecule has 0 fully saturated rings. The Balaban J connectivity index is 3.31. The molecule has 5 nitrogen and oxygen atoms in total. The molecule has 0 atom stereocenters. The van der Waals surface area contributed by atoms with E-state index in [9.17, 15) is 14.9 Å². The lowest BCUT2D eigenvalue weighted by Gasteiger charge is -2.00. The molecule has 1 aromatic rings.